The van der Waals surface area contributed by atoms with Crippen LogP contribution in [0.2, 0.25) is 0 Å². The molecule has 26 heavy (non-hydrogen) atoms. The number of aromatic nitrogens is 1. The molecule has 1 aromatic heterocycles. The van der Waals surface area contributed by atoms with Crippen molar-refractivity contribution in [3.63, 3.8) is 0 Å². The van der Waals surface area contributed by atoms with Crippen LogP contribution < -0.4 is 0 Å². The summed E-state index contributed by atoms with van der Waals surface area (Å²) < 4.78 is 0. The quantitative estimate of drug-likeness (QED) is 0.696. The predicted molar refractivity (Wildman–Crippen MR) is 106 cm³/mol. The van der Waals surface area contributed by atoms with Gasteiger partial charge in [-0.3, -0.25) is 5.41 Å². The molecule has 3 aromatic rings. The average molecular weight is 361 g/mol. The van der Waals surface area contributed by atoms with Gasteiger partial charge in [-0.25, -0.2) is 4.98 Å². The van der Waals surface area contributed by atoms with Crippen molar-refractivity contribution < 1.29 is 5.11 Å². The number of aliphatic hydroxyl groups is 1. The van der Waals surface area contributed by atoms with E-state index in [1.165, 1.54) is 16.9 Å². The van der Waals surface area contributed by atoms with Crippen LogP contribution in [-0.4, -0.2) is 27.4 Å². The fraction of sp³-hybridized carbons (Fsp3) is 0.143. The number of hydrogen-bond acceptors (Lipinski definition) is 4. The van der Waals surface area contributed by atoms with E-state index in [2.05, 4.69) is 36.2 Å². The molecular weight excluding hydrogens is 342 g/mol. The molecule has 130 valence electrons. The van der Waals surface area contributed by atoms with Crippen LogP contribution in [0.1, 0.15) is 16.1 Å². The topological polar surface area (TPSA) is 60.2 Å². The molecule has 0 spiro atoms. The Morgan fingerprint density at radius 3 is 2.58 bits per heavy atom. The molecule has 0 bridgehead atoms. The Kier molecular flexibility index (Phi) is 4.31. The number of nitrogens with zero attached hydrogens (tertiary/aromatic N) is 2. The number of amidine groups is 1. The molecular formula is C21H19N3OS. The lowest BCUT2D eigenvalue weighted by Gasteiger charge is -2.18. The Hall–Kier alpha value is -2.92. The second-order valence-electron chi connectivity index (χ2n) is 6.42. The maximum atomic E-state index is 10.4. The summed E-state index contributed by atoms with van der Waals surface area (Å²) in [6.45, 7) is 3.01. The number of nitrogens with one attached hydrogen (secondary N) is 1. The van der Waals surface area contributed by atoms with Gasteiger partial charge in [0.2, 0.25) is 0 Å². The Bertz CT molecular complexity index is 974. The van der Waals surface area contributed by atoms with Crippen LogP contribution in [0.5, 0.6) is 0 Å². The average Bonchev–Trinajstić information content (AvgIpc) is 3.23. The SMILES string of the molecule is Cc1ccc(CN2CC(O)=C(c3nc(-c4ccccc4)cs3)C2=N)cc1. The molecule has 1 aliphatic rings. The molecule has 2 aromatic carbocycles. The van der Waals surface area contributed by atoms with Crippen molar-refractivity contribution in [1.29, 1.82) is 5.41 Å². The monoisotopic (exact) mass is 361 g/mol. The first kappa shape index (κ1) is 16.5. The Balaban J connectivity index is 1.56. The summed E-state index contributed by atoms with van der Waals surface area (Å²) in [5.74, 6) is 0.549. The third-order valence-corrected chi connectivity index (χ3v) is 5.32. The molecule has 2 N–H and O–H groups in total. The van der Waals surface area contributed by atoms with E-state index in [4.69, 9.17) is 5.41 Å². The van der Waals surface area contributed by atoms with Crippen LogP contribution in [0, 0.1) is 12.3 Å². The van der Waals surface area contributed by atoms with E-state index in [1.807, 2.05) is 40.6 Å². The normalized spacial score (nSPS) is 14.3. The maximum Gasteiger partial charge on any atom is 0.135 e. The summed E-state index contributed by atoms with van der Waals surface area (Å²) >= 11 is 1.46. The third-order valence-electron chi connectivity index (χ3n) is 4.46. The summed E-state index contributed by atoms with van der Waals surface area (Å²) in [5, 5.41) is 21.6. The van der Waals surface area contributed by atoms with Crippen molar-refractivity contribution in [3.8, 4) is 11.3 Å². The van der Waals surface area contributed by atoms with Crippen LogP contribution in [0.25, 0.3) is 16.8 Å². The Morgan fingerprint density at radius 2 is 1.85 bits per heavy atom. The largest absolute Gasteiger partial charge is 0.510 e. The zero-order valence-electron chi connectivity index (χ0n) is 14.4. The lowest BCUT2D eigenvalue weighted by Crippen LogP contribution is -2.26. The minimum absolute atomic E-state index is 0.219. The smallest absolute Gasteiger partial charge is 0.135 e. The highest BCUT2D eigenvalue weighted by atomic mass is 32.1. The van der Waals surface area contributed by atoms with Crippen LogP contribution >= 0.6 is 11.3 Å². The minimum Gasteiger partial charge on any atom is -0.510 e. The summed E-state index contributed by atoms with van der Waals surface area (Å²) in [6.07, 6.45) is 0. The molecule has 0 unspecified atom stereocenters. The Labute approximate surface area is 156 Å². The van der Waals surface area contributed by atoms with Crippen LogP contribution in [-0.2, 0) is 6.54 Å². The second-order valence-corrected chi connectivity index (χ2v) is 7.27. The summed E-state index contributed by atoms with van der Waals surface area (Å²) in [6, 6.07) is 18.2. The predicted octanol–water partition coefficient (Wildman–Crippen LogP) is 4.88. The van der Waals surface area contributed by atoms with Gasteiger partial charge in [-0.05, 0) is 12.5 Å². The van der Waals surface area contributed by atoms with Gasteiger partial charge in [0.25, 0.3) is 0 Å². The first-order valence-corrected chi connectivity index (χ1v) is 9.32. The lowest BCUT2D eigenvalue weighted by molar-refractivity contribution is 0.347. The van der Waals surface area contributed by atoms with Crippen molar-refractivity contribution in [1.82, 2.24) is 9.88 Å². The summed E-state index contributed by atoms with van der Waals surface area (Å²) in [7, 11) is 0. The van der Waals surface area contributed by atoms with Gasteiger partial charge in [0.05, 0.1) is 17.8 Å². The summed E-state index contributed by atoms with van der Waals surface area (Å²) in [5.41, 5.74) is 4.79. The number of aryl methyl sites for hydroxylation is 1. The maximum absolute atomic E-state index is 10.4. The molecule has 0 amide bonds. The zero-order chi connectivity index (χ0) is 18.1. The molecule has 4 rings (SSSR count). The van der Waals surface area contributed by atoms with Gasteiger partial charge < -0.3 is 10.0 Å². The van der Waals surface area contributed by atoms with Gasteiger partial charge >= 0.3 is 0 Å². The van der Waals surface area contributed by atoms with Gasteiger partial charge in [-0.2, -0.15) is 0 Å². The molecule has 5 heteroatoms. The summed E-state index contributed by atoms with van der Waals surface area (Å²) in [4.78, 5) is 6.52. The molecule has 0 fully saturated rings. The molecule has 0 atom stereocenters. The molecule has 0 aliphatic carbocycles. The van der Waals surface area contributed by atoms with E-state index in [1.54, 1.807) is 0 Å². The molecule has 0 saturated carbocycles. The number of hydrogen-bond donors (Lipinski definition) is 2. The van der Waals surface area contributed by atoms with Gasteiger partial charge in [0.15, 0.2) is 0 Å². The highest BCUT2D eigenvalue weighted by Crippen LogP contribution is 2.32. The zero-order valence-corrected chi connectivity index (χ0v) is 15.3. The number of benzene rings is 2. The van der Waals surface area contributed by atoms with Gasteiger partial charge in [0.1, 0.15) is 16.6 Å². The highest BCUT2D eigenvalue weighted by Gasteiger charge is 2.30. The molecule has 0 saturated heterocycles. The number of aliphatic hydroxyl groups excluding tert-OH is 1. The number of rotatable bonds is 4. The van der Waals surface area contributed by atoms with Crippen molar-refractivity contribution in [3.05, 3.63) is 81.9 Å². The fourth-order valence-corrected chi connectivity index (χ4v) is 3.93. The van der Waals surface area contributed by atoms with E-state index < -0.39 is 0 Å². The van der Waals surface area contributed by atoms with Gasteiger partial charge in [-0.1, -0.05) is 60.2 Å². The van der Waals surface area contributed by atoms with Crippen molar-refractivity contribution >= 4 is 22.7 Å². The first-order valence-electron chi connectivity index (χ1n) is 8.44. The van der Waals surface area contributed by atoms with Crippen molar-refractivity contribution in [2.24, 2.45) is 0 Å². The molecule has 4 nitrogen and oxygen atoms in total. The van der Waals surface area contributed by atoms with Crippen LogP contribution in [0.4, 0.5) is 0 Å². The molecule has 1 aliphatic heterocycles. The Morgan fingerprint density at radius 1 is 1.12 bits per heavy atom. The van der Waals surface area contributed by atoms with E-state index in [-0.39, 0.29) is 5.76 Å². The van der Waals surface area contributed by atoms with Gasteiger partial charge in [0, 0.05) is 17.5 Å². The first-order chi connectivity index (χ1) is 12.6. The van der Waals surface area contributed by atoms with E-state index >= 15 is 0 Å². The third kappa shape index (κ3) is 3.13. The van der Waals surface area contributed by atoms with Crippen LogP contribution in [0.15, 0.2) is 65.7 Å². The van der Waals surface area contributed by atoms with Crippen molar-refractivity contribution in [2.45, 2.75) is 13.5 Å². The van der Waals surface area contributed by atoms with E-state index in [9.17, 15) is 5.11 Å². The molecule has 0 radical (unpaired) electrons. The second kappa shape index (κ2) is 6.77. The molecule has 2 heterocycles. The van der Waals surface area contributed by atoms with Crippen molar-refractivity contribution in [2.75, 3.05) is 6.54 Å². The van der Waals surface area contributed by atoms with Crippen LogP contribution in [0.3, 0.4) is 0 Å². The van der Waals surface area contributed by atoms with Gasteiger partial charge in [-0.15, -0.1) is 11.3 Å². The highest BCUT2D eigenvalue weighted by molar-refractivity contribution is 7.11. The minimum atomic E-state index is 0.219. The standard InChI is InChI=1S/C21H19N3OS/c1-14-7-9-15(10-8-14)11-24-12-18(25)19(20(24)22)21-23-17(13-26-21)16-5-3-2-4-6-16/h2-10,13,22,25H,11-12H2,1H3. The lowest BCUT2D eigenvalue weighted by atomic mass is 10.1. The van der Waals surface area contributed by atoms with E-state index in [0.29, 0.717) is 29.5 Å². The number of thiazole rings is 1. The van der Waals surface area contributed by atoms with E-state index in [0.717, 1.165) is 16.8 Å². The fourth-order valence-electron chi connectivity index (χ4n) is 3.04.